The number of nitro benzene ring substituents is 1. The summed E-state index contributed by atoms with van der Waals surface area (Å²) in [6, 6.07) is 11.2. The summed E-state index contributed by atoms with van der Waals surface area (Å²) in [6.07, 6.45) is 0. The van der Waals surface area contributed by atoms with Crippen LogP contribution in [0.25, 0.3) is 0 Å². The average Bonchev–Trinajstić information content (AvgIpc) is 2.41. The van der Waals surface area contributed by atoms with Crippen LogP contribution in [0.1, 0.15) is 5.56 Å². The molecule has 0 radical (unpaired) electrons. The number of benzene rings is 2. The van der Waals surface area contributed by atoms with E-state index in [1.165, 1.54) is 18.2 Å². The maximum Gasteiger partial charge on any atom is 0.273 e. The van der Waals surface area contributed by atoms with E-state index in [0.717, 1.165) is 5.56 Å². The molecule has 2 aromatic rings. The number of ether oxygens (including phenoxy) is 1. The molecular weight excluding hydrogens is 268 g/mol. The molecule has 0 bridgehead atoms. The Morgan fingerprint density at radius 3 is 2.74 bits per heavy atom. The highest BCUT2D eigenvalue weighted by Crippen LogP contribution is 2.32. The number of nitro groups is 1. The van der Waals surface area contributed by atoms with Crippen LogP contribution in [0.5, 0.6) is 11.5 Å². The first-order valence-electron chi connectivity index (χ1n) is 5.51. The highest BCUT2D eigenvalue weighted by Gasteiger charge is 2.11. The molecule has 0 fully saturated rings. The lowest BCUT2D eigenvalue weighted by molar-refractivity contribution is -0.384. The Labute approximate surface area is 114 Å². The molecule has 98 valence electrons. The zero-order valence-corrected chi connectivity index (χ0v) is 10.6. The van der Waals surface area contributed by atoms with Crippen molar-refractivity contribution in [2.45, 2.75) is 6.54 Å². The monoisotopic (exact) mass is 278 g/mol. The Balaban J connectivity index is 2.31. The minimum absolute atomic E-state index is 0.0746. The van der Waals surface area contributed by atoms with Gasteiger partial charge in [0.2, 0.25) is 0 Å². The molecule has 19 heavy (non-hydrogen) atoms. The molecule has 5 nitrogen and oxygen atoms in total. The first-order chi connectivity index (χ1) is 9.10. The van der Waals surface area contributed by atoms with Crippen molar-refractivity contribution < 1.29 is 9.66 Å². The molecule has 0 aliphatic carbocycles. The van der Waals surface area contributed by atoms with Crippen molar-refractivity contribution in [3.8, 4) is 11.5 Å². The van der Waals surface area contributed by atoms with Gasteiger partial charge in [-0.15, -0.1) is 0 Å². The minimum atomic E-state index is -0.501. The van der Waals surface area contributed by atoms with Gasteiger partial charge in [0.05, 0.1) is 16.0 Å². The summed E-state index contributed by atoms with van der Waals surface area (Å²) in [4.78, 5) is 10.2. The lowest BCUT2D eigenvalue weighted by atomic mass is 10.2. The summed E-state index contributed by atoms with van der Waals surface area (Å²) < 4.78 is 5.55. The number of nitrogens with two attached hydrogens (primary N) is 1. The topological polar surface area (TPSA) is 78.4 Å². The Hall–Kier alpha value is -2.11. The van der Waals surface area contributed by atoms with Crippen molar-refractivity contribution in [3.63, 3.8) is 0 Å². The van der Waals surface area contributed by atoms with Crippen LogP contribution >= 0.6 is 11.6 Å². The molecule has 0 saturated carbocycles. The predicted molar refractivity (Wildman–Crippen MR) is 72.5 cm³/mol. The third-order valence-corrected chi connectivity index (χ3v) is 2.80. The van der Waals surface area contributed by atoms with Crippen molar-refractivity contribution in [3.05, 3.63) is 63.2 Å². The second-order valence-corrected chi connectivity index (χ2v) is 4.23. The molecule has 2 N–H and O–H groups in total. The van der Waals surface area contributed by atoms with Gasteiger partial charge in [0.25, 0.3) is 5.69 Å². The summed E-state index contributed by atoms with van der Waals surface area (Å²) >= 11 is 5.95. The highest BCUT2D eigenvalue weighted by atomic mass is 35.5. The molecule has 0 aromatic heterocycles. The Morgan fingerprint density at radius 1 is 1.26 bits per heavy atom. The third kappa shape index (κ3) is 3.21. The Morgan fingerprint density at radius 2 is 2.05 bits per heavy atom. The first-order valence-corrected chi connectivity index (χ1v) is 5.89. The fraction of sp³-hybridized carbons (Fsp3) is 0.0769. The van der Waals surface area contributed by atoms with Crippen LogP contribution in [0.15, 0.2) is 42.5 Å². The van der Waals surface area contributed by atoms with Gasteiger partial charge in [-0.1, -0.05) is 23.7 Å². The summed E-state index contributed by atoms with van der Waals surface area (Å²) in [5, 5.41) is 11.0. The second kappa shape index (κ2) is 5.69. The van der Waals surface area contributed by atoms with E-state index >= 15 is 0 Å². The molecular formula is C13H11ClN2O3. The van der Waals surface area contributed by atoms with Gasteiger partial charge in [-0.05, 0) is 23.8 Å². The van der Waals surface area contributed by atoms with E-state index in [1.54, 1.807) is 18.2 Å². The number of nitrogens with zero attached hydrogens (tertiary/aromatic N) is 1. The molecule has 0 unspecified atom stereocenters. The fourth-order valence-electron chi connectivity index (χ4n) is 1.55. The summed E-state index contributed by atoms with van der Waals surface area (Å²) in [5.74, 6) is 0.774. The third-order valence-electron chi connectivity index (χ3n) is 2.49. The van der Waals surface area contributed by atoms with E-state index in [9.17, 15) is 10.1 Å². The van der Waals surface area contributed by atoms with E-state index in [-0.39, 0.29) is 11.4 Å². The van der Waals surface area contributed by atoms with Gasteiger partial charge >= 0.3 is 0 Å². The van der Waals surface area contributed by atoms with Crippen LogP contribution in [-0.2, 0) is 6.54 Å². The Bertz CT molecular complexity index is 617. The largest absolute Gasteiger partial charge is 0.456 e. The van der Waals surface area contributed by atoms with Crippen LogP contribution < -0.4 is 10.5 Å². The van der Waals surface area contributed by atoms with E-state index in [4.69, 9.17) is 22.1 Å². The van der Waals surface area contributed by atoms with Gasteiger partial charge in [0.15, 0.2) is 5.75 Å². The van der Waals surface area contributed by atoms with Crippen LogP contribution in [0, 0.1) is 10.1 Å². The molecule has 2 aromatic carbocycles. The van der Waals surface area contributed by atoms with Crippen molar-refractivity contribution in [1.82, 2.24) is 0 Å². The first kappa shape index (κ1) is 13.3. The van der Waals surface area contributed by atoms with Crippen LogP contribution in [0.2, 0.25) is 5.02 Å². The summed E-state index contributed by atoms with van der Waals surface area (Å²) in [6.45, 7) is 0.389. The van der Waals surface area contributed by atoms with Gasteiger partial charge in [-0.2, -0.15) is 0 Å². The van der Waals surface area contributed by atoms with E-state index in [0.29, 0.717) is 17.3 Å². The van der Waals surface area contributed by atoms with Crippen molar-refractivity contribution in [2.75, 3.05) is 0 Å². The molecule has 0 aliphatic heterocycles. The highest BCUT2D eigenvalue weighted by molar-refractivity contribution is 6.32. The van der Waals surface area contributed by atoms with E-state index < -0.39 is 4.92 Å². The van der Waals surface area contributed by atoms with E-state index in [1.807, 2.05) is 6.07 Å². The molecule has 0 saturated heterocycles. The Kier molecular flexibility index (Phi) is 3.99. The lowest BCUT2D eigenvalue weighted by Gasteiger charge is -2.08. The van der Waals surface area contributed by atoms with Gasteiger partial charge in [-0.25, -0.2) is 0 Å². The summed E-state index contributed by atoms with van der Waals surface area (Å²) in [7, 11) is 0. The summed E-state index contributed by atoms with van der Waals surface area (Å²) in [5.41, 5.74) is 6.36. The second-order valence-electron chi connectivity index (χ2n) is 3.83. The number of halogens is 1. The quantitative estimate of drug-likeness (QED) is 0.686. The molecule has 0 amide bonds. The number of non-ortho nitro benzene ring substituents is 1. The molecule has 2 rings (SSSR count). The normalized spacial score (nSPS) is 10.2. The smallest absolute Gasteiger partial charge is 0.273 e. The van der Waals surface area contributed by atoms with Crippen LogP contribution in [0.4, 0.5) is 5.69 Å². The van der Waals surface area contributed by atoms with Gasteiger partial charge < -0.3 is 10.5 Å². The molecule has 6 heteroatoms. The number of hydrogen-bond acceptors (Lipinski definition) is 4. The van der Waals surface area contributed by atoms with Gasteiger partial charge in [0, 0.05) is 12.6 Å². The molecule has 0 aliphatic rings. The minimum Gasteiger partial charge on any atom is -0.456 e. The standard InChI is InChI=1S/C13H11ClN2O3/c14-12-5-4-10(16(17)18)7-13(12)19-11-3-1-2-9(6-11)8-15/h1-7H,8,15H2. The SMILES string of the molecule is NCc1cccc(Oc2cc([N+](=O)[O-])ccc2Cl)c1. The molecule has 0 heterocycles. The number of rotatable bonds is 4. The van der Waals surface area contributed by atoms with Crippen molar-refractivity contribution in [1.29, 1.82) is 0 Å². The molecule has 0 spiro atoms. The average molecular weight is 279 g/mol. The number of hydrogen-bond donors (Lipinski definition) is 1. The van der Waals surface area contributed by atoms with Crippen molar-refractivity contribution in [2.24, 2.45) is 5.73 Å². The van der Waals surface area contributed by atoms with E-state index in [2.05, 4.69) is 0 Å². The van der Waals surface area contributed by atoms with Crippen LogP contribution in [0.3, 0.4) is 0 Å². The zero-order chi connectivity index (χ0) is 13.8. The van der Waals surface area contributed by atoms with Gasteiger partial charge in [-0.3, -0.25) is 10.1 Å². The van der Waals surface area contributed by atoms with Gasteiger partial charge in [0.1, 0.15) is 5.75 Å². The predicted octanol–water partition coefficient (Wildman–Crippen LogP) is 3.50. The zero-order valence-electron chi connectivity index (χ0n) is 9.88. The lowest BCUT2D eigenvalue weighted by Crippen LogP contribution is -1.96. The molecule has 0 atom stereocenters. The maximum atomic E-state index is 10.7. The fourth-order valence-corrected chi connectivity index (χ4v) is 1.70. The maximum absolute atomic E-state index is 10.7. The van der Waals surface area contributed by atoms with Crippen molar-refractivity contribution >= 4 is 17.3 Å². The van der Waals surface area contributed by atoms with Crippen LogP contribution in [-0.4, -0.2) is 4.92 Å².